The van der Waals surface area contributed by atoms with Gasteiger partial charge in [-0.25, -0.2) is 0 Å². The number of nitrogens with one attached hydrogen (secondary N) is 1. The quantitative estimate of drug-likeness (QED) is 0.795. The first-order valence-electron chi connectivity index (χ1n) is 8.29. The highest BCUT2D eigenvalue weighted by Gasteiger charge is 2.19. The van der Waals surface area contributed by atoms with Crippen molar-refractivity contribution in [2.75, 3.05) is 26.2 Å². The maximum absolute atomic E-state index is 5.72. The van der Waals surface area contributed by atoms with Crippen LogP contribution in [-0.4, -0.2) is 37.2 Å². The van der Waals surface area contributed by atoms with E-state index in [9.17, 15) is 0 Å². The molecule has 0 aromatic carbocycles. The fraction of sp³-hybridized carbons (Fsp3) is 0.765. The molecule has 0 unspecified atom stereocenters. The molecule has 2 heterocycles. The van der Waals surface area contributed by atoms with Gasteiger partial charge in [-0.3, -0.25) is 4.90 Å². The minimum atomic E-state index is 0.491. The average Bonchev–Trinajstić information content (AvgIpc) is 2.88. The molecule has 120 valence electrons. The Balaban J connectivity index is 1.70. The normalized spacial score (nSPS) is 17.7. The van der Waals surface area contributed by atoms with Crippen LogP contribution in [0.2, 0.25) is 0 Å². The van der Waals surface area contributed by atoms with Crippen LogP contribution < -0.4 is 5.32 Å². The molecule has 0 saturated carbocycles. The monoisotopic (exact) mass is 310 g/mol. The molecule has 0 aliphatic carbocycles. The summed E-state index contributed by atoms with van der Waals surface area (Å²) in [5.74, 6) is 0.719. The van der Waals surface area contributed by atoms with E-state index in [4.69, 9.17) is 4.74 Å². The van der Waals surface area contributed by atoms with Crippen LogP contribution in [0, 0.1) is 5.92 Å². The number of piperidine rings is 1. The molecule has 4 heteroatoms. The van der Waals surface area contributed by atoms with Gasteiger partial charge < -0.3 is 10.1 Å². The smallest absolute Gasteiger partial charge is 0.0599 e. The van der Waals surface area contributed by atoms with E-state index >= 15 is 0 Å². The minimum Gasteiger partial charge on any atom is -0.378 e. The van der Waals surface area contributed by atoms with Gasteiger partial charge in [0.05, 0.1) is 6.10 Å². The lowest BCUT2D eigenvalue weighted by Gasteiger charge is -2.31. The summed E-state index contributed by atoms with van der Waals surface area (Å²) in [5, 5.41) is 3.52. The van der Waals surface area contributed by atoms with Crippen LogP contribution >= 0.6 is 11.3 Å². The summed E-state index contributed by atoms with van der Waals surface area (Å²) in [6.45, 7) is 13.0. The van der Waals surface area contributed by atoms with Crippen LogP contribution in [0.1, 0.15) is 43.4 Å². The Kier molecular flexibility index (Phi) is 7.17. The Morgan fingerprint density at radius 1 is 1.29 bits per heavy atom. The predicted octanol–water partition coefficient (Wildman–Crippen LogP) is 3.49. The molecule has 0 amide bonds. The zero-order valence-corrected chi connectivity index (χ0v) is 14.5. The summed E-state index contributed by atoms with van der Waals surface area (Å²) in [5.41, 5.74) is 0. The third-order valence-corrected chi connectivity index (χ3v) is 4.96. The molecule has 2 rings (SSSR count). The lowest BCUT2D eigenvalue weighted by Crippen LogP contribution is -2.36. The van der Waals surface area contributed by atoms with Crippen LogP contribution in [0.15, 0.2) is 12.1 Å². The highest BCUT2D eigenvalue weighted by Crippen LogP contribution is 2.21. The molecule has 1 aliphatic rings. The first-order valence-corrected chi connectivity index (χ1v) is 9.11. The Hall–Kier alpha value is -0.420. The van der Waals surface area contributed by atoms with Gasteiger partial charge in [-0.2, -0.15) is 0 Å². The molecule has 21 heavy (non-hydrogen) atoms. The summed E-state index contributed by atoms with van der Waals surface area (Å²) in [6.07, 6.45) is 2.86. The summed E-state index contributed by atoms with van der Waals surface area (Å²) in [4.78, 5) is 5.51. The van der Waals surface area contributed by atoms with Crippen LogP contribution in [0.4, 0.5) is 0 Å². The van der Waals surface area contributed by atoms with Crippen molar-refractivity contribution in [2.24, 2.45) is 5.92 Å². The molecule has 0 radical (unpaired) electrons. The molecule has 0 spiro atoms. The summed E-state index contributed by atoms with van der Waals surface area (Å²) in [7, 11) is 0. The van der Waals surface area contributed by atoms with Gasteiger partial charge in [0.25, 0.3) is 0 Å². The highest BCUT2D eigenvalue weighted by atomic mass is 32.1. The SMILES string of the molecule is CCOC1CCN(Cc2ccc(CNCC(C)C)s2)CC1. The molecule has 1 fully saturated rings. The van der Waals surface area contributed by atoms with E-state index in [1.807, 2.05) is 11.3 Å². The molecular formula is C17H30N2OS. The zero-order chi connectivity index (χ0) is 15.1. The van der Waals surface area contributed by atoms with E-state index in [1.165, 1.54) is 35.7 Å². The topological polar surface area (TPSA) is 24.5 Å². The molecule has 1 aliphatic heterocycles. The second kappa shape index (κ2) is 8.89. The maximum Gasteiger partial charge on any atom is 0.0599 e. The van der Waals surface area contributed by atoms with Crippen LogP contribution in [0.3, 0.4) is 0 Å². The number of hydrogen-bond acceptors (Lipinski definition) is 4. The molecule has 0 bridgehead atoms. The number of rotatable bonds is 8. The average molecular weight is 311 g/mol. The third kappa shape index (κ3) is 6.07. The van der Waals surface area contributed by atoms with Gasteiger partial charge in [-0.05, 0) is 44.4 Å². The standard InChI is InChI=1S/C17H30N2OS/c1-4-20-15-7-9-19(10-8-15)13-17-6-5-16(21-17)12-18-11-14(2)3/h5-6,14-15,18H,4,7-13H2,1-3H3. The molecule has 1 N–H and O–H groups in total. The number of nitrogens with zero attached hydrogens (tertiary/aromatic N) is 1. The predicted molar refractivity (Wildman–Crippen MR) is 90.8 cm³/mol. The van der Waals surface area contributed by atoms with E-state index in [-0.39, 0.29) is 0 Å². The van der Waals surface area contributed by atoms with Crippen molar-refractivity contribution in [3.63, 3.8) is 0 Å². The lowest BCUT2D eigenvalue weighted by atomic mass is 10.1. The Bertz CT molecular complexity index is 397. The number of hydrogen-bond donors (Lipinski definition) is 1. The van der Waals surface area contributed by atoms with Crippen LogP contribution in [0.25, 0.3) is 0 Å². The zero-order valence-electron chi connectivity index (χ0n) is 13.7. The largest absolute Gasteiger partial charge is 0.378 e. The van der Waals surface area contributed by atoms with Crippen molar-refractivity contribution < 1.29 is 4.74 Å². The van der Waals surface area contributed by atoms with Gasteiger partial charge in [0, 0.05) is 42.5 Å². The fourth-order valence-corrected chi connectivity index (χ4v) is 3.81. The van der Waals surface area contributed by atoms with Crippen molar-refractivity contribution >= 4 is 11.3 Å². The Morgan fingerprint density at radius 3 is 2.67 bits per heavy atom. The van der Waals surface area contributed by atoms with Gasteiger partial charge in [-0.1, -0.05) is 13.8 Å². The molecule has 0 atom stereocenters. The second-order valence-electron chi connectivity index (χ2n) is 6.32. The highest BCUT2D eigenvalue weighted by molar-refractivity contribution is 7.11. The first-order chi connectivity index (χ1) is 10.2. The molecule has 3 nitrogen and oxygen atoms in total. The molecule has 1 saturated heterocycles. The molecular weight excluding hydrogens is 280 g/mol. The van der Waals surface area contributed by atoms with Gasteiger partial charge in [0.2, 0.25) is 0 Å². The number of likely N-dealkylation sites (tertiary alicyclic amines) is 1. The summed E-state index contributed by atoms with van der Waals surface area (Å²) in [6, 6.07) is 4.58. The van der Waals surface area contributed by atoms with E-state index < -0.39 is 0 Å². The fourth-order valence-electron chi connectivity index (χ4n) is 2.78. The second-order valence-corrected chi connectivity index (χ2v) is 7.58. The Morgan fingerprint density at radius 2 is 2.00 bits per heavy atom. The van der Waals surface area contributed by atoms with Crippen LogP contribution in [0.5, 0.6) is 0 Å². The minimum absolute atomic E-state index is 0.491. The van der Waals surface area contributed by atoms with Gasteiger partial charge >= 0.3 is 0 Å². The molecule has 1 aromatic rings. The first kappa shape index (κ1) is 16.9. The van der Waals surface area contributed by atoms with Crippen molar-refractivity contribution in [2.45, 2.75) is 52.8 Å². The third-order valence-electron chi connectivity index (χ3n) is 3.89. The van der Waals surface area contributed by atoms with E-state index in [1.54, 1.807) is 0 Å². The summed E-state index contributed by atoms with van der Waals surface area (Å²) >= 11 is 1.95. The van der Waals surface area contributed by atoms with Crippen molar-refractivity contribution in [3.05, 3.63) is 21.9 Å². The van der Waals surface area contributed by atoms with E-state index in [0.717, 1.165) is 32.2 Å². The maximum atomic E-state index is 5.72. The van der Waals surface area contributed by atoms with Crippen molar-refractivity contribution in [1.29, 1.82) is 0 Å². The van der Waals surface area contributed by atoms with Crippen LogP contribution in [-0.2, 0) is 17.8 Å². The van der Waals surface area contributed by atoms with E-state index in [0.29, 0.717) is 6.10 Å². The number of ether oxygens (including phenoxy) is 1. The van der Waals surface area contributed by atoms with Gasteiger partial charge in [0.1, 0.15) is 0 Å². The summed E-state index contributed by atoms with van der Waals surface area (Å²) < 4.78 is 5.72. The van der Waals surface area contributed by atoms with Crippen molar-refractivity contribution in [3.8, 4) is 0 Å². The Labute approximate surface area is 133 Å². The van der Waals surface area contributed by atoms with Gasteiger partial charge in [-0.15, -0.1) is 11.3 Å². The molecule has 1 aromatic heterocycles. The van der Waals surface area contributed by atoms with E-state index in [2.05, 4.69) is 43.1 Å². The van der Waals surface area contributed by atoms with Gasteiger partial charge in [0.15, 0.2) is 0 Å². The van der Waals surface area contributed by atoms with Crippen molar-refractivity contribution in [1.82, 2.24) is 10.2 Å². The number of thiophene rings is 1. The lowest BCUT2D eigenvalue weighted by molar-refractivity contribution is 0.0127.